The molecule has 0 radical (unpaired) electrons. The van der Waals surface area contributed by atoms with Crippen LogP contribution in [0.2, 0.25) is 0 Å². The van der Waals surface area contributed by atoms with Crippen LogP contribution in [0, 0.1) is 0 Å². The van der Waals surface area contributed by atoms with Crippen molar-refractivity contribution >= 4 is 22.8 Å². The fourth-order valence-corrected chi connectivity index (χ4v) is 2.87. The number of hydrogen-bond acceptors (Lipinski definition) is 3. The summed E-state index contributed by atoms with van der Waals surface area (Å²) in [5, 5.41) is 4.57. The third-order valence-corrected chi connectivity index (χ3v) is 3.85. The number of imidazole rings is 1. The highest BCUT2D eigenvalue weighted by atomic mass is 35.5. The largest absolute Gasteiger partial charge is 0.383 e. The highest BCUT2D eigenvalue weighted by molar-refractivity contribution is 6.17. The summed E-state index contributed by atoms with van der Waals surface area (Å²) in [6, 6.07) is 0.267. The van der Waals surface area contributed by atoms with Gasteiger partial charge < -0.3 is 9.30 Å². The Balaban J connectivity index is 2.63. The zero-order chi connectivity index (χ0) is 14.7. The lowest BCUT2D eigenvalue weighted by molar-refractivity contribution is 0.153. The number of nitrogens with zero attached hydrogens (tertiary/aromatic N) is 4. The van der Waals surface area contributed by atoms with Gasteiger partial charge in [-0.3, -0.25) is 4.68 Å². The molecule has 0 amide bonds. The van der Waals surface area contributed by atoms with Gasteiger partial charge in [0.15, 0.2) is 5.65 Å². The van der Waals surface area contributed by atoms with Crippen molar-refractivity contribution < 1.29 is 4.74 Å². The van der Waals surface area contributed by atoms with Crippen LogP contribution in [-0.2, 0) is 24.6 Å². The van der Waals surface area contributed by atoms with Crippen LogP contribution in [0.1, 0.15) is 37.8 Å². The van der Waals surface area contributed by atoms with E-state index >= 15 is 0 Å². The first-order valence-corrected chi connectivity index (χ1v) is 7.68. The smallest absolute Gasteiger partial charge is 0.159 e. The van der Waals surface area contributed by atoms with Gasteiger partial charge in [0.2, 0.25) is 0 Å². The van der Waals surface area contributed by atoms with Gasteiger partial charge >= 0.3 is 0 Å². The molecule has 0 aliphatic carbocycles. The van der Waals surface area contributed by atoms with E-state index in [1.54, 1.807) is 7.11 Å². The Kier molecular flexibility index (Phi) is 5.05. The number of hydrogen-bond donors (Lipinski definition) is 0. The number of halogens is 1. The predicted octanol–water partition coefficient (Wildman–Crippen LogP) is 2.71. The Bertz CT molecular complexity index is 575. The topological polar surface area (TPSA) is 44.9 Å². The third kappa shape index (κ3) is 2.56. The maximum absolute atomic E-state index is 5.93. The van der Waals surface area contributed by atoms with Gasteiger partial charge in [0.25, 0.3) is 0 Å². The van der Waals surface area contributed by atoms with Crippen molar-refractivity contribution in [1.29, 1.82) is 0 Å². The molecule has 5 nitrogen and oxygen atoms in total. The Morgan fingerprint density at radius 2 is 2.10 bits per heavy atom. The van der Waals surface area contributed by atoms with E-state index in [2.05, 4.69) is 23.5 Å². The summed E-state index contributed by atoms with van der Waals surface area (Å²) in [4.78, 5) is 4.78. The van der Waals surface area contributed by atoms with Crippen molar-refractivity contribution in [3.05, 3.63) is 11.5 Å². The number of rotatable bonds is 7. The summed E-state index contributed by atoms with van der Waals surface area (Å²) >= 11 is 5.93. The molecule has 20 heavy (non-hydrogen) atoms. The number of fused-ring (bicyclic) bond motifs is 1. The van der Waals surface area contributed by atoms with Crippen LogP contribution in [0.3, 0.4) is 0 Å². The summed E-state index contributed by atoms with van der Waals surface area (Å²) in [7, 11) is 3.71. The Labute approximate surface area is 124 Å². The fourth-order valence-electron chi connectivity index (χ4n) is 2.70. The van der Waals surface area contributed by atoms with Crippen LogP contribution in [0.25, 0.3) is 11.2 Å². The molecule has 0 saturated carbocycles. The first-order chi connectivity index (χ1) is 9.67. The minimum atomic E-state index is 0.267. The molecule has 0 fully saturated rings. The van der Waals surface area contributed by atoms with Crippen LogP contribution in [0.4, 0.5) is 0 Å². The van der Waals surface area contributed by atoms with Gasteiger partial charge in [0.1, 0.15) is 11.3 Å². The quantitative estimate of drug-likeness (QED) is 0.738. The van der Waals surface area contributed by atoms with E-state index in [0.29, 0.717) is 12.5 Å². The summed E-state index contributed by atoms with van der Waals surface area (Å²) in [5.74, 6) is 1.60. The molecule has 6 heteroatoms. The lowest BCUT2D eigenvalue weighted by atomic mass is 10.2. The molecule has 1 unspecified atom stereocenters. The van der Waals surface area contributed by atoms with E-state index in [1.807, 2.05) is 11.7 Å². The zero-order valence-corrected chi connectivity index (χ0v) is 13.4. The van der Waals surface area contributed by atoms with Gasteiger partial charge in [-0.1, -0.05) is 13.8 Å². The maximum Gasteiger partial charge on any atom is 0.159 e. The second-order valence-electron chi connectivity index (χ2n) is 4.95. The standard InChI is InChI=1S/C14H23ClN4O/c1-5-10(9-20-4)19-12(7-8-15)16-13-11(6-2)17-18(3)14(13)19/h10H,5-9H2,1-4H3. The summed E-state index contributed by atoms with van der Waals surface area (Å²) < 4.78 is 9.55. The van der Waals surface area contributed by atoms with Crippen molar-refractivity contribution in [3.63, 3.8) is 0 Å². The molecule has 0 N–H and O–H groups in total. The lowest BCUT2D eigenvalue weighted by Crippen LogP contribution is -2.18. The van der Waals surface area contributed by atoms with Crippen molar-refractivity contribution in [2.45, 2.75) is 39.2 Å². The molecule has 2 rings (SSSR count). The molecule has 2 heterocycles. The summed E-state index contributed by atoms with van der Waals surface area (Å²) in [6.45, 7) is 4.94. The van der Waals surface area contributed by atoms with Crippen LogP contribution in [-0.4, -0.2) is 38.9 Å². The number of methoxy groups -OCH3 is 1. The minimum absolute atomic E-state index is 0.267. The summed E-state index contributed by atoms with van der Waals surface area (Å²) in [5.41, 5.74) is 3.12. The van der Waals surface area contributed by atoms with Crippen molar-refractivity contribution in [3.8, 4) is 0 Å². The Morgan fingerprint density at radius 3 is 2.65 bits per heavy atom. The van der Waals surface area contributed by atoms with Gasteiger partial charge in [-0.15, -0.1) is 11.6 Å². The Hall–Kier alpha value is -1.07. The van der Waals surface area contributed by atoms with Crippen molar-refractivity contribution in [2.75, 3.05) is 19.6 Å². The highest BCUT2D eigenvalue weighted by Gasteiger charge is 2.22. The molecule has 0 aromatic carbocycles. The first kappa shape index (κ1) is 15.3. The monoisotopic (exact) mass is 298 g/mol. The maximum atomic E-state index is 5.93. The SMILES string of the molecule is CCc1nn(C)c2c1nc(CCCl)n2C(CC)COC. The molecule has 0 aliphatic heterocycles. The van der Waals surface area contributed by atoms with E-state index in [4.69, 9.17) is 21.3 Å². The second kappa shape index (κ2) is 6.59. The van der Waals surface area contributed by atoms with Crippen molar-refractivity contribution in [2.24, 2.45) is 7.05 Å². The molecule has 2 aromatic rings. The Morgan fingerprint density at radius 1 is 1.35 bits per heavy atom. The van der Waals surface area contributed by atoms with E-state index in [1.165, 1.54) is 0 Å². The van der Waals surface area contributed by atoms with Crippen LogP contribution in [0.5, 0.6) is 0 Å². The van der Waals surface area contributed by atoms with E-state index < -0.39 is 0 Å². The first-order valence-electron chi connectivity index (χ1n) is 7.15. The van der Waals surface area contributed by atoms with E-state index in [0.717, 1.165) is 41.9 Å². The lowest BCUT2D eigenvalue weighted by Gasteiger charge is -2.19. The highest BCUT2D eigenvalue weighted by Crippen LogP contribution is 2.26. The molecular weight excluding hydrogens is 276 g/mol. The van der Waals surface area contributed by atoms with Crippen LogP contribution in [0.15, 0.2) is 0 Å². The number of aromatic nitrogens is 4. The van der Waals surface area contributed by atoms with Crippen molar-refractivity contribution in [1.82, 2.24) is 19.3 Å². The molecule has 1 atom stereocenters. The van der Waals surface area contributed by atoms with Crippen LogP contribution >= 0.6 is 11.6 Å². The third-order valence-electron chi connectivity index (χ3n) is 3.66. The molecule has 112 valence electrons. The molecule has 0 aliphatic rings. The van der Waals surface area contributed by atoms with Crippen LogP contribution < -0.4 is 0 Å². The number of aryl methyl sites for hydroxylation is 3. The molecular formula is C14H23ClN4O. The molecule has 2 aromatic heterocycles. The van der Waals surface area contributed by atoms with Gasteiger partial charge in [-0.2, -0.15) is 5.10 Å². The minimum Gasteiger partial charge on any atom is -0.383 e. The van der Waals surface area contributed by atoms with Gasteiger partial charge in [0, 0.05) is 26.5 Å². The zero-order valence-electron chi connectivity index (χ0n) is 12.7. The number of alkyl halides is 1. The van der Waals surface area contributed by atoms with Gasteiger partial charge in [-0.25, -0.2) is 4.98 Å². The van der Waals surface area contributed by atoms with E-state index in [-0.39, 0.29) is 6.04 Å². The second-order valence-corrected chi connectivity index (χ2v) is 5.33. The van der Waals surface area contributed by atoms with E-state index in [9.17, 15) is 0 Å². The molecule has 0 saturated heterocycles. The van der Waals surface area contributed by atoms with Gasteiger partial charge in [-0.05, 0) is 12.8 Å². The number of ether oxygens (including phenoxy) is 1. The average Bonchev–Trinajstić information content (AvgIpc) is 2.95. The predicted molar refractivity (Wildman–Crippen MR) is 81.5 cm³/mol. The molecule has 0 spiro atoms. The average molecular weight is 299 g/mol. The normalized spacial score (nSPS) is 13.2. The summed E-state index contributed by atoms with van der Waals surface area (Å²) in [6.07, 6.45) is 2.64. The molecule has 0 bridgehead atoms. The van der Waals surface area contributed by atoms with Gasteiger partial charge in [0.05, 0.1) is 18.3 Å². The fraction of sp³-hybridized carbons (Fsp3) is 0.714.